The molecule has 0 bridgehead atoms. The predicted octanol–water partition coefficient (Wildman–Crippen LogP) is -2.19. The second kappa shape index (κ2) is 8.89. The number of nitrogens with one attached hydrogen (secondary N) is 1. The van der Waals surface area contributed by atoms with E-state index in [-0.39, 0.29) is 12.0 Å². The van der Waals surface area contributed by atoms with Crippen LogP contribution in [0.5, 0.6) is 0 Å². The van der Waals surface area contributed by atoms with Crippen LogP contribution < -0.4 is 5.32 Å². The van der Waals surface area contributed by atoms with E-state index in [2.05, 4.69) is 26.1 Å². The molecule has 7 nitrogen and oxygen atoms in total. The second-order valence-electron chi connectivity index (χ2n) is 6.30. The first-order valence-corrected chi connectivity index (χ1v) is 6.82. The van der Waals surface area contributed by atoms with Crippen LogP contribution in [0.4, 0.5) is 0 Å². The Bertz CT molecular complexity index is 258. The van der Waals surface area contributed by atoms with Gasteiger partial charge in [-0.2, -0.15) is 0 Å². The third kappa shape index (κ3) is 7.49. The Morgan fingerprint density at radius 2 is 1.35 bits per heavy atom. The molecule has 7 heteroatoms. The van der Waals surface area contributed by atoms with Crippen molar-refractivity contribution in [2.24, 2.45) is 5.41 Å². The first-order valence-electron chi connectivity index (χ1n) is 6.82. The van der Waals surface area contributed by atoms with E-state index >= 15 is 0 Å². The monoisotopic (exact) mass is 295 g/mol. The van der Waals surface area contributed by atoms with Gasteiger partial charge in [0.1, 0.15) is 24.4 Å². The first kappa shape index (κ1) is 19.7. The fraction of sp³-hybridized carbons (Fsp3) is 1.00. The van der Waals surface area contributed by atoms with Crippen LogP contribution in [0, 0.1) is 5.41 Å². The van der Waals surface area contributed by atoms with Crippen molar-refractivity contribution in [1.82, 2.24) is 5.32 Å². The lowest BCUT2D eigenvalue weighted by atomic mass is 9.92. The Morgan fingerprint density at radius 3 is 1.80 bits per heavy atom. The maximum atomic E-state index is 9.69. The van der Waals surface area contributed by atoms with Crippen molar-refractivity contribution in [3.8, 4) is 0 Å². The van der Waals surface area contributed by atoms with Crippen molar-refractivity contribution in [2.45, 2.75) is 57.7 Å². The topological polar surface area (TPSA) is 133 Å². The summed E-state index contributed by atoms with van der Waals surface area (Å²) < 4.78 is 0. The largest absolute Gasteiger partial charge is 0.394 e. The lowest BCUT2D eigenvalue weighted by molar-refractivity contribution is -0.139. The Hall–Kier alpha value is -0.280. The maximum Gasteiger partial charge on any atom is 0.111 e. The van der Waals surface area contributed by atoms with Gasteiger partial charge >= 0.3 is 0 Å². The van der Waals surface area contributed by atoms with E-state index in [4.69, 9.17) is 10.2 Å². The highest BCUT2D eigenvalue weighted by Gasteiger charge is 2.33. The summed E-state index contributed by atoms with van der Waals surface area (Å²) in [7, 11) is 0. The minimum Gasteiger partial charge on any atom is -0.394 e. The lowest BCUT2D eigenvalue weighted by Crippen LogP contribution is -2.52. The van der Waals surface area contributed by atoms with Crippen molar-refractivity contribution in [3.05, 3.63) is 0 Å². The van der Waals surface area contributed by atoms with Gasteiger partial charge in [0.2, 0.25) is 0 Å². The van der Waals surface area contributed by atoms with Crippen LogP contribution in [0.1, 0.15) is 27.2 Å². The summed E-state index contributed by atoms with van der Waals surface area (Å²) in [6.07, 6.45) is -7.06. The third-order valence-electron chi connectivity index (χ3n) is 3.08. The van der Waals surface area contributed by atoms with E-state index in [0.717, 1.165) is 6.42 Å². The van der Waals surface area contributed by atoms with Gasteiger partial charge in [-0.3, -0.25) is 0 Å². The molecular weight excluding hydrogens is 266 g/mol. The molecule has 7 N–H and O–H groups in total. The van der Waals surface area contributed by atoms with Gasteiger partial charge < -0.3 is 36.0 Å². The average molecular weight is 295 g/mol. The van der Waals surface area contributed by atoms with Crippen molar-refractivity contribution >= 4 is 0 Å². The molecule has 0 aromatic carbocycles. The van der Waals surface area contributed by atoms with Crippen molar-refractivity contribution in [1.29, 1.82) is 0 Å². The van der Waals surface area contributed by atoms with Crippen LogP contribution in [0.15, 0.2) is 0 Å². The predicted molar refractivity (Wildman–Crippen MR) is 74.1 cm³/mol. The molecule has 20 heavy (non-hydrogen) atoms. The zero-order valence-electron chi connectivity index (χ0n) is 12.4. The molecule has 5 unspecified atom stereocenters. The van der Waals surface area contributed by atoms with Gasteiger partial charge in [0, 0.05) is 6.54 Å². The van der Waals surface area contributed by atoms with Crippen LogP contribution >= 0.6 is 0 Å². The summed E-state index contributed by atoms with van der Waals surface area (Å²) in [6.45, 7) is 6.19. The Kier molecular flexibility index (Phi) is 8.76. The minimum absolute atomic E-state index is 0.0518. The smallest absolute Gasteiger partial charge is 0.111 e. The molecule has 0 aliphatic rings. The minimum atomic E-state index is -1.74. The highest BCUT2D eigenvalue weighted by atomic mass is 16.4. The average Bonchev–Trinajstić information content (AvgIpc) is 2.38. The van der Waals surface area contributed by atoms with E-state index in [1.165, 1.54) is 0 Å². The SMILES string of the molecule is CC(C)(C)CCNCC(O)C(O)C(O)C(O)C(O)CO. The lowest BCUT2D eigenvalue weighted by Gasteiger charge is -2.28. The Labute approximate surface area is 119 Å². The molecule has 0 spiro atoms. The summed E-state index contributed by atoms with van der Waals surface area (Å²) in [4.78, 5) is 0. The molecule has 0 aliphatic carbocycles. The summed E-state index contributed by atoms with van der Waals surface area (Å²) in [5.41, 5.74) is 0.150. The van der Waals surface area contributed by atoms with Gasteiger partial charge in [-0.05, 0) is 18.4 Å². The highest BCUT2D eigenvalue weighted by molar-refractivity contribution is 4.85. The van der Waals surface area contributed by atoms with E-state index in [1.54, 1.807) is 0 Å². The van der Waals surface area contributed by atoms with Gasteiger partial charge in [0.05, 0.1) is 12.7 Å². The van der Waals surface area contributed by atoms with Crippen LogP contribution in [0.25, 0.3) is 0 Å². The number of rotatable bonds is 9. The van der Waals surface area contributed by atoms with E-state index < -0.39 is 37.1 Å². The molecule has 0 saturated carbocycles. The molecular formula is C13H29NO6. The Morgan fingerprint density at radius 1 is 0.850 bits per heavy atom. The summed E-state index contributed by atoms with van der Waals surface area (Å²) in [5.74, 6) is 0. The number of aliphatic hydroxyl groups is 6. The molecule has 0 fully saturated rings. The van der Waals surface area contributed by atoms with Crippen molar-refractivity contribution in [2.75, 3.05) is 19.7 Å². The van der Waals surface area contributed by atoms with E-state index in [9.17, 15) is 20.4 Å². The number of aliphatic hydroxyl groups excluding tert-OH is 6. The molecule has 0 amide bonds. The molecule has 0 saturated heterocycles. The zero-order valence-corrected chi connectivity index (χ0v) is 12.4. The van der Waals surface area contributed by atoms with Gasteiger partial charge in [-0.1, -0.05) is 20.8 Å². The Balaban J connectivity index is 4.11. The van der Waals surface area contributed by atoms with Crippen molar-refractivity contribution < 1.29 is 30.6 Å². The van der Waals surface area contributed by atoms with Gasteiger partial charge in [0.25, 0.3) is 0 Å². The molecule has 0 aromatic rings. The molecule has 122 valence electrons. The normalized spacial score (nSPS) is 20.2. The van der Waals surface area contributed by atoms with E-state index in [0.29, 0.717) is 6.54 Å². The standard InChI is InChI=1S/C13H29NO6/c1-13(2,3)4-5-14-6-8(16)10(18)12(20)11(19)9(17)7-15/h8-12,14-20H,4-7H2,1-3H3. The summed E-state index contributed by atoms with van der Waals surface area (Å²) in [5, 5.41) is 59.1. The van der Waals surface area contributed by atoms with Gasteiger partial charge in [-0.25, -0.2) is 0 Å². The molecule has 5 atom stereocenters. The van der Waals surface area contributed by atoms with Crippen molar-refractivity contribution in [3.63, 3.8) is 0 Å². The zero-order chi connectivity index (χ0) is 15.9. The first-order chi connectivity index (χ1) is 9.10. The van der Waals surface area contributed by atoms with Crippen LogP contribution in [-0.2, 0) is 0 Å². The summed E-state index contributed by atoms with van der Waals surface area (Å²) in [6, 6.07) is 0. The molecule has 0 aliphatic heterocycles. The molecule has 0 rings (SSSR count). The fourth-order valence-electron chi connectivity index (χ4n) is 1.60. The van der Waals surface area contributed by atoms with Gasteiger partial charge in [-0.15, -0.1) is 0 Å². The molecule has 0 radical (unpaired) electrons. The molecule has 0 aromatic heterocycles. The van der Waals surface area contributed by atoms with Crippen LogP contribution in [0.3, 0.4) is 0 Å². The molecule has 0 heterocycles. The van der Waals surface area contributed by atoms with E-state index in [1.807, 2.05) is 0 Å². The van der Waals surface area contributed by atoms with Crippen LogP contribution in [0.2, 0.25) is 0 Å². The summed E-state index contributed by atoms with van der Waals surface area (Å²) >= 11 is 0. The third-order valence-corrected chi connectivity index (χ3v) is 3.08. The number of hydrogen-bond acceptors (Lipinski definition) is 7. The van der Waals surface area contributed by atoms with Crippen LogP contribution in [-0.4, -0.2) is 80.9 Å². The highest BCUT2D eigenvalue weighted by Crippen LogP contribution is 2.17. The van der Waals surface area contributed by atoms with Gasteiger partial charge in [0.15, 0.2) is 0 Å². The second-order valence-corrected chi connectivity index (χ2v) is 6.30. The number of hydrogen-bond donors (Lipinski definition) is 7. The quantitative estimate of drug-likeness (QED) is 0.240. The maximum absolute atomic E-state index is 9.69. The fourth-order valence-corrected chi connectivity index (χ4v) is 1.60.